The molecule has 1 rings (SSSR count). The third-order valence-electron chi connectivity index (χ3n) is 4.57. The lowest BCUT2D eigenvalue weighted by atomic mass is 9.92. The van der Waals surface area contributed by atoms with Crippen LogP contribution in [0, 0.1) is 0 Å². The van der Waals surface area contributed by atoms with Crippen molar-refractivity contribution in [1.29, 1.82) is 0 Å². The van der Waals surface area contributed by atoms with Crippen molar-refractivity contribution in [3.63, 3.8) is 0 Å². The Balaban J connectivity index is 3.29. The summed E-state index contributed by atoms with van der Waals surface area (Å²) in [5.74, 6) is -35.9. The Hall–Kier alpha value is -1.57. The minimum absolute atomic E-state index is 0.121. The van der Waals surface area contributed by atoms with E-state index in [9.17, 15) is 57.5 Å². The van der Waals surface area contributed by atoms with Gasteiger partial charge in [-0.15, -0.1) is 0 Å². The maximum absolute atomic E-state index is 13.9. The van der Waals surface area contributed by atoms with Crippen molar-refractivity contribution in [1.82, 2.24) is 4.90 Å². The number of nitrogens with zero attached hydrogens (tertiary/aromatic N) is 1. The van der Waals surface area contributed by atoms with Crippen LogP contribution >= 0.6 is 0 Å². The highest BCUT2D eigenvalue weighted by atomic mass is 19.4. The molecule has 3 nitrogen and oxygen atoms in total. The number of hydrogen-bond acceptors (Lipinski definition) is 1. The second-order valence-electron chi connectivity index (χ2n) is 6.55. The molecule has 0 aromatic heterocycles. The lowest BCUT2D eigenvalue weighted by Crippen LogP contribution is -2.70. The van der Waals surface area contributed by atoms with Crippen molar-refractivity contribution in [2.24, 2.45) is 0 Å². The largest absolute Gasteiger partial charge is 0.465 e. The first-order valence-corrected chi connectivity index (χ1v) is 8.01. The molecular weight excluding hydrogens is 442 g/mol. The first-order chi connectivity index (χ1) is 12.8. The number of rotatable bonds is 8. The van der Waals surface area contributed by atoms with Crippen molar-refractivity contribution in [3.8, 4) is 0 Å². The van der Waals surface area contributed by atoms with Crippen LogP contribution in [-0.4, -0.2) is 64.7 Å². The molecule has 0 saturated heterocycles. The Kier molecular flexibility index (Phi) is 6.96. The zero-order valence-corrected chi connectivity index (χ0v) is 14.2. The normalized spacial score (nSPS) is 18.2. The molecule has 1 fully saturated rings. The van der Waals surface area contributed by atoms with E-state index in [0.29, 0.717) is 6.42 Å². The van der Waals surface area contributed by atoms with E-state index >= 15 is 0 Å². The van der Waals surface area contributed by atoms with Crippen LogP contribution in [0.1, 0.15) is 32.1 Å². The molecule has 1 N–H and O–H groups in total. The van der Waals surface area contributed by atoms with Gasteiger partial charge in [0.15, 0.2) is 0 Å². The van der Waals surface area contributed by atoms with Gasteiger partial charge < -0.3 is 5.11 Å². The van der Waals surface area contributed by atoms with Crippen LogP contribution in [0.15, 0.2) is 0 Å². The molecule has 0 heterocycles. The zero-order chi connectivity index (χ0) is 23.1. The fourth-order valence-corrected chi connectivity index (χ4v) is 2.83. The van der Waals surface area contributed by atoms with E-state index in [-0.39, 0.29) is 30.6 Å². The van der Waals surface area contributed by atoms with Crippen molar-refractivity contribution >= 4 is 6.09 Å². The van der Waals surface area contributed by atoms with Crippen LogP contribution in [0.25, 0.3) is 0 Å². The number of carboxylic acid groups (broad SMARTS) is 1. The number of halogens is 12. The molecule has 1 aliphatic rings. The maximum Gasteiger partial charge on any atom is 0.407 e. The Morgan fingerprint density at radius 3 is 1.66 bits per heavy atom. The third kappa shape index (κ3) is 4.18. The molecule has 0 radical (unpaired) electrons. The van der Waals surface area contributed by atoms with Gasteiger partial charge in [0.05, 0.1) is 6.54 Å². The number of amides is 1. The highest BCUT2D eigenvalue weighted by Crippen LogP contribution is 2.58. The quantitative estimate of drug-likeness (QED) is 0.473. The van der Waals surface area contributed by atoms with Gasteiger partial charge in [0.2, 0.25) is 0 Å². The van der Waals surface area contributed by atoms with E-state index in [1.807, 2.05) is 0 Å². The summed E-state index contributed by atoms with van der Waals surface area (Å²) in [5.41, 5.74) is 0. The van der Waals surface area contributed by atoms with E-state index in [4.69, 9.17) is 5.11 Å². The standard InChI is InChI=1S/C14H15F12NO2/c15-8(16)11(19,20)13(23,24)14(25,26)12(21,22)10(17,18)6-27(9(28)29)7-4-2-1-3-5-7/h7-8H,1-6H2,(H,28,29). The summed E-state index contributed by atoms with van der Waals surface area (Å²) < 4.78 is 158. The SMILES string of the molecule is O=C(O)N(CC(F)(F)C(F)(F)C(F)(F)C(F)(F)C(F)(F)C(F)F)C1CCCCC1. The van der Waals surface area contributed by atoms with Gasteiger partial charge in [0, 0.05) is 6.04 Å². The van der Waals surface area contributed by atoms with Crippen molar-refractivity contribution < 1.29 is 62.6 Å². The number of alkyl halides is 12. The van der Waals surface area contributed by atoms with E-state index < -0.39 is 54.7 Å². The lowest BCUT2D eigenvalue weighted by Gasteiger charge is -2.41. The van der Waals surface area contributed by atoms with Crippen molar-refractivity contribution in [2.45, 2.75) is 74.2 Å². The Morgan fingerprint density at radius 2 is 1.28 bits per heavy atom. The fourth-order valence-electron chi connectivity index (χ4n) is 2.83. The van der Waals surface area contributed by atoms with Crippen LogP contribution in [0.2, 0.25) is 0 Å². The molecule has 172 valence electrons. The molecule has 0 spiro atoms. The highest BCUT2D eigenvalue weighted by molar-refractivity contribution is 5.65. The summed E-state index contributed by atoms with van der Waals surface area (Å²) in [4.78, 5) is 10.7. The number of hydrogen-bond donors (Lipinski definition) is 1. The predicted molar refractivity (Wildman–Crippen MR) is 72.3 cm³/mol. The smallest absolute Gasteiger partial charge is 0.407 e. The molecule has 0 atom stereocenters. The molecule has 1 amide bonds. The predicted octanol–water partition coefficient (Wildman–Crippen LogP) is 5.74. The molecule has 1 saturated carbocycles. The molecule has 0 bridgehead atoms. The third-order valence-corrected chi connectivity index (χ3v) is 4.57. The summed E-state index contributed by atoms with van der Waals surface area (Å²) in [5, 5.41) is 8.91. The summed E-state index contributed by atoms with van der Waals surface area (Å²) in [7, 11) is 0. The molecule has 15 heteroatoms. The van der Waals surface area contributed by atoms with Gasteiger partial charge in [-0.1, -0.05) is 19.3 Å². The summed E-state index contributed by atoms with van der Waals surface area (Å²) in [6, 6.07) is -1.33. The van der Waals surface area contributed by atoms with Crippen LogP contribution < -0.4 is 0 Å². The van der Waals surface area contributed by atoms with Gasteiger partial charge in [0.1, 0.15) is 0 Å². The molecule has 0 unspecified atom stereocenters. The first-order valence-electron chi connectivity index (χ1n) is 8.01. The minimum Gasteiger partial charge on any atom is -0.465 e. The van der Waals surface area contributed by atoms with Gasteiger partial charge in [-0.25, -0.2) is 13.6 Å². The average Bonchev–Trinajstić information content (AvgIpc) is 2.59. The van der Waals surface area contributed by atoms with Gasteiger partial charge in [-0.2, -0.15) is 43.9 Å². The van der Waals surface area contributed by atoms with Crippen molar-refractivity contribution in [3.05, 3.63) is 0 Å². The Bertz CT molecular complexity index is 589. The number of carbonyl (C=O) groups is 1. The molecular formula is C14H15F12NO2. The first kappa shape index (κ1) is 25.5. The van der Waals surface area contributed by atoms with Gasteiger partial charge in [-0.05, 0) is 12.8 Å². The van der Waals surface area contributed by atoms with Gasteiger partial charge in [0.25, 0.3) is 0 Å². The van der Waals surface area contributed by atoms with E-state index in [1.165, 1.54) is 0 Å². The van der Waals surface area contributed by atoms with Crippen LogP contribution in [-0.2, 0) is 0 Å². The lowest BCUT2D eigenvalue weighted by molar-refractivity contribution is -0.413. The monoisotopic (exact) mass is 457 g/mol. The second-order valence-corrected chi connectivity index (χ2v) is 6.55. The van der Waals surface area contributed by atoms with Crippen LogP contribution in [0.4, 0.5) is 57.5 Å². The molecule has 0 aromatic carbocycles. The zero-order valence-electron chi connectivity index (χ0n) is 14.2. The molecule has 29 heavy (non-hydrogen) atoms. The minimum atomic E-state index is -7.65. The average molecular weight is 457 g/mol. The highest BCUT2D eigenvalue weighted by Gasteiger charge is 2.87. The molecule has 0 aromatic rings. The van der Waals surface area contributed by atoms with Crippen molar-refractivity contribution in [2.75, 3.05) is 6.54 Å². The summed E-state index contributed by atoms with van der Waals surface area (Å²) >= 11 is 0. The van der Waals surface area contributed by atoms with E-state index in [1.54, 1.807) is 0 Å². The molecule has 0 aliphatic heterocycles. The van der Waals surface area contributed by atoms with E-state index in [0.717, 1.165) is 0 Å². The second kappa shape index (κ2) is 7.93. The summed E-state index contributed by atoms with van der Waals surface area (Å²) in [6.45, 7) is -2.73. The van der Waals surface area contributed by atoms with Gasteiger partial charge in [-0.3, -0.25) is 4.90 Å². The summed E-state index contributed by atoms with van der Waals surface area (Å²) in [6.07, 6.45) is -7.01. The van der Waals surface area contributed by atoms with Gasteiger partial charge >= 0.3 is 42.1 Å². The van der Waals surface area contributed by atoms with Crippen LogP contribution in [0.3, 0.4) is 0 Å². The van der Waals surface area contributed by atoms with Crippen LogP contribution in [0.5, 0.6) is 0 Å². The fraction of sp³-hybridized carbons (Fsp3) is 0.929. The van der Waals surface area contributed by atoms with E-state index in [2.05, 4.69) is 0 Å². The molecule has 1 aliphatic carbocycles. The maximum atomic E-state index is 13.9. The topological polar surface area (TPSA) is 40.5 Å². The Labute approximate surface area is 155 Å². The Morgan fingerprint density at radius 1 is 0.828 bits per heavy atom.